The third-order valence-corrected chi connectivity index (χ3v) is 1.86. The van der Waals surface area contributed by atoms with Crippen LogP contribution in [0.3, 0.4) is 0 Å². The molecule has 0 aromatic carbocycles. The lowest BCUT2D eigenvalue weighted by Gasteiger charge is -2.08. The Morgan fingerprint density at radius 2 is 2.38 bits per heavy atom. The number of rotatable bonds is 6. The molecule has 5 nitrogen and oxygen atoms in total. The Labute approximate surface area is 94.8 Å². The molecule has 0 saturated carbocycles. The highest BCUT2D eigenvalue weighted by atomic mass is 16.5. The first-order valence-electron chi connectivity index (χ1n) is 5.19. The zero-order valence-corrected chi connectivity index (χ0v) is 9.53. The van der Waals surface area contributed by atoms with Gasteiger partial charge >= 0.3 is 5.97 Å². The number of nitrogens with zero attached hydrogens (tertiary/aromatic N) is 1. The number of hydrogen-bond acceptors (Lipinski definition) is 5. The molecule has 1 aromatic heterocycles. The summed E-state index contributed by atoms with van der Waals surface area (Å²) in [6.07, 6.45) is 1.58. The first-order chi connectivity index (χ1) is 7.79. The molecule has 1 aromatic rings. The monoisotopic (exact) mass is 224 g/mol. The molecule has 0 radical (unpaired) electrons. The topological polar surface area (TPSA) is 60.5 Å². The van der Waals surface area contributed by atoms with Crippen LogP contribution in [0.1, 0.15) is 17.3 Å². The van der Waals surface area contributed by atoms with Crippen LogP contribution < -0.4 is 10.1 Å². The number of aromatic nitrogens is 1. The summed E-state index contributed by atoms with van der Waals surface area (Å²) in [6.45, 7) is 3.25. The van der Waals surface area contributed by atoms with Gasteiger partial charge < -0.3 is 14.8 Å². The number of ether oxygens (including phenoxy) is 2. The Balaban J connectivity index is 2.71. The maximum Gasteiger partial charge on any atom is 0.343 e. The highest BCUT2D eigenvalue weighted by Gasteiger charge is 2.13. The number of carbonyl (C=O) groups excluding carboxylic acids is 1. The summed E-state index contributed by atoms with van der Waals surface area (Å²) in [4.78, 5) is 15.5. The van der Waals surface area contributed by atoms with Gasteiger partial charge in [-0.1, -0.05) is 0 Å². The van der Waals surface area contributed by atoms with Crippen molar-refractivity contribution in [3.8, 4) is 5.88 Å². The number of pyridine rings is 1. The first kappa shape index (κ1) is 12.4. The van der Waals surface area contributed by atoms with E-state index >= 15 is 0 Å². The highest BCUT2D eigenvalue weighted by molar-refractivity contribution is 5.91. The van der Waals surface area contributed by atoms with Gasteiger partial charge in [-0.25, -0.2) is 9.78 Å². The van der Waals surface area contributed by atoms with E-state index in [4.69, 9.17) is 9.47 Å². The van der Waals surface area contributed by atoms with Crippen LogP contribution in [-0.4, -0.2) is 37.8 Å². The second kappa shape index (κ2) is 6.79. The molecule has 1 rings (SSSR count). The third-order valence-electron chi connectivity index (χ3n) is 1.86. The maximum atomic E-state index is 11.5. The summed E-state index contributed by atoms with van der Waals surface area (Å²) in [7, 11) is 1.83. The predicted molar refractivity (Wildman–Crippen MR) is 59.6 cm³/mol. The molecule has 88 valence electrons. The van der Waals surface area contributed by atoms with E-state index in [1.807, 2.05) is 7.05 Å². The number of hydrogen-bond donors (Lipinski definition) is 1. The van der Waals surface area contributed by atoms with Crippen LogP contribution in [0, 0.1) is 0 Å². The molecule has 0 aliphatic carbocycles. The van der Waals surface area contributed by atoms with Crippen molar-refractivity contribution in [3.05, 3.63) is 23.9 Å². The minimum atomic E-state index is -0.407. The third kappa shape index (κ3) is 3.51. The summed E-state index contributed by atoms with van der Waals surface area (Å²) in [5.41, 5.74) is 0.362. The number of esters is 1. The van der Waals surface area contributed by atoms with Gasteiger partial charge in [0.25, 0.3) is 0 Å². The van der Waals surface area contributed by atoms with E-state index in [2.05, 4.69) is 10.3 Å². The quantitative estimate of drug-likeness (QED) is 0.573. The van der Waals surface area contributed by atoms with Crippen LogP contribution >= 0.6 is 0 Å². The van der Waals surface area contributed by atoms with Crippen LogP contribution in [0.15, 0.2) is 18.3 Å². The maximum absolute atomic E-state index is 11.5. The fraction of sp³-hybridized carbons (Fsp3) is 0.455. The van der Waals surface area contributed by atoms with Crippen molar-refractivity contribution in [2.75, 3.05) is 26.8 Å². The van der Waals surface area contributed by atoms with E-state index < -0.39 is 5.97 Å². The van der Waals surface area contributed by atoms with Gasteiger partial charge in [-0.05, 0) is 26.1 Å². The normalized spacial score (nSPS) is 9.88. The average molecular weight is 224 g/mol. The average Bonchev–Trinajstić information content (AvgIpc) is 2.30. The van der Waals surface area contributed by atoms with Gasteiger partial charge in [0.05, 0.1) is 6.61 Å². The van der Waals surface area contributed by atoms with Gasteiger partial charge in [0, 0.05) is 12.7 Å². The summed E-state index contributed by atoms with van der Waals surface area (Å²) in [5, 5.41) is 2.94. The minimum Gasteiger partial charge on any atom is -0.476 e. The fourth-order valence-corrected chi connectivity index (χ4v) is 1.12. The van der Waals surface area contributed by atoms with Crippen LogP contribution in [0.25, 0.3) is 0 Å². The van der Waals surface area contributed by atoms with E-state index in [9.17, 15) is 4.79 Å². The Kier molecular flexibility index (Phi) is 5.28. The van der Waals surface area contributed by atoms with Crippen molar-refractivity contribution in [2.45, 2.75) is 6.92 Å². The summed E-state index contributed by atoms with van der Waals surface area (Å²) >= 11 is 0. The van der Waals surface area contributed by atoms with Gasteiger partial charge in [-0.3, -0.25) is 0 Å². The van der Waals surface area contributed by atoms with Crippen LogP contribution in [0.5, 0.6) is 5.88 Å². The minimum absolute atomic E-state index is 0.316. The van der Waals surface area contributed by atoms with E-state index in [1.165, 1.54) is 0 Å². The lowest BCUT2D eigenvalue weighted by Crippen LogP contribution is -2.18. The summed E-state index contributed by atoms with van der Waals surface area (Å²) in [6, 6.07) is 3.32. The molecule has 5 heteroatoms. The van der Waals surface area contributed by atoms with Crippen LogP contribution in [-0.2, 0) is 4.74 Å². The zero-order valence-electron chi connectivity index (χ0n) is 9.53. The highest BCUT2D eigenvalue weighted by Crippen LogP contribution is 2.15. The molecule has 0 fully saturated rings. The Morgan fingerprint density at radius 1 is 1.56 bits per heavy atom. The van der Waals surface area contributed by atoms with Crippen molar-refractivity contribution >= 4 is 5.97 Å². The Bertz CT molecular complexity index is 342. The number of nitrogens with one attached hydrogen (secondary N) is 1. The molecule has 0 amide bonds. The summed E-state index contributed by atoms with van der Waals surface area (Å²) < 4.78 is 10.3. The second-order valence-electron chi connectivity index (χ2n) is 3.03. The molecular formula is C11H16N2O3. The number of likely N-dealkylation sites (N-methyl/N-ethyl adjacent to an activating group) is 1. The molecule has 0 aliphatic rings. The molecule has 1 heterocycles. The van der Waals surface area contributed by atoms with Crippen LogP contribution in [0.4, 0.5) is 0 Å². The lowest BCUT2D eigenvalue weighted by molar-refractivity contribution is 0.0520. The smallest absolute Gasteiger partial charge is 0.343 e. The SMILES string of the molecule is CCOC(=O)c1cccnc1OCCNC. The number of carbonyl (C=O) groups is 1. The molecule has 16 heavy (non-hydrogen) atoms. The van der Waals surface area contributed by atoms with Crippen molar-refractivity contribution in [2.24, 2.45) is 0 Å². The first-order valence-corrected chi connectivity index (χ1v) is 5.19. The predicted octanol–water partition coefficient (Wildman–Crippen LogP) is 0.856. The lowest BCUT2D eigenvalue weighted by atomic mass is 10.3. The molecule has 0 bridgehead atoms. The van der Waals surface area contributed by atoms with E-state index in [1.54, 1.807) is 25.3 Å². The van der Waals surface area contributed by atoms with E-state index in [0.29, 0.717) is 31.2 Å². The Morgan fingerprint density at radius 3 is 3.06 bits per heavy atom. The Hall–Kier alpha value is -1.62. The van der Waals surface area contributed by atoms with Gasteiger partial charge in [-0.15, -0.1) is 0 Å². The van der Waals surface area contributed by atoms with Crippen molar-refractivity contribution in [1.82, 2.24) is 10.3 Å². The zero-order chi connectivity index (χ0) is 11.8. The molecular weight excluding hydrogens is 208 g/mol. The fourth-order valence-electron chi connectivity index (χ4n) is 1.12. The molecule has 0 unspecified atom stereocenters. The molecule has 0 spiro atoms. The van der Waals surface area contributed by atoms with Gasteiger partial charge in [-0.2, -0.15) is 0 Å². The van der Waals surface area contributed by atoms with E-state index in [-0.39, 0.29) is 0 Å². The molecule has 0 saturated heterocycles. The largest absolute Gasteiger partial charge is 0.476 e. The van der Waals surface area contributed by atoms with Crippen molar-refractivity contribution < 1.29 is 14.3 Å². The molecule has 0 atom stereocenters. The van der Waals surface area contributed by atoms with Gasteiger partial charge in [0.1, 0.15) is 12.2 Å². The van der Waals surface area contributed by atoms with E-state index in [0.717, 1.165) is 0 Å². The van der Waals surface area contributed by atoms with Crippen LogP contribution in [0.2, 0.25) is 0 Å². The molecule has 0 aliphatic heterocycles. The van der Waals surface area contributed by atoms with Crippen molar-refractivity contribution in [1.29, 1.82) is 0 Å². The second-order valence-corrected chi connectivity index (χ2v) is 3.03. The standard InChI is InChI=1S/C11H16N2O3/c1-3-15-11(14)9-5-4-6-13-10(9)16-8-7-12-2/h4-6,12H,3,7-8H2,1-2H3. The van der Waals surface area contributed by atoms with Crippen molar-refractivity contribution in [3.63, 3.8) is 0 Å². The van der Waals surface area contributed by atoms with Gasteiger partial charge in [0.2, 0.25) is 5.88 Å². The van der Waals surface area contributed by atoms with Gasteiger partial charge in [0.15, 0.2) is 0 Å². The summed E-state index contributed by atoms with van der Waals surface area (Å²) in [5.74, 6) is -0.0914. The molecule has 1 N–H and O–H groups in total.